The summed E-state index contributed by atoms with van der Waals surface area (Å²) in [4.78, 5) is 28.8. The summed E-state index contributed by atoms with van der Waals surface area (Å²) >= 11 is 5.65. The molecule has 2 aromatic rings. The van der Waals surface area contributed by atoms with Crippen LogP contribution in [0.4, 0.5) is 5.69 Å². The standard InChI is InChI=1S/C12H10ClN3O3/c1-19-8-4-2-3-7(5-8)14-11(17)9-6-10(13)16-12(18)15-9/h2-6H,1H3,(H,14,17)(H,15,16,18). The fraction of sp³-hybridized carbons (Fsp3) is 0.0833. The van der Waals surface area contributed by atoms with Gasteiger partial charge in [-0.1, -0.05) is 17.7 Å². The van der Waals surface area contributed by atoms with Crippen LogP contribution in [0.15, 0.2) is 35.1 Å². The number of ether oxygens (including phenoxy) is 1. The first-order valence-electron chi connectivity index (χ1n) is 5.31. The van der Waals surface area contributed by atoms with Gasteiger partial charge in [-0.15, -0.1) is 0 Å². The Bertz CT molecular complexity index is 669. The third kappa shape index (κ3) is 3.32. The van der Waals surface area contributed by atoms with E-state index in [1.807, 2.05) is 0 Å². The lowest BCUT2D eigenvalue weighted by molar-refractivity contribution is 0.102. The van der Waals surface area contributed by atoms with Crippen LogP contribution < -0.4 is 15.7 Å². The van der Waals surface area contributed by atoms with Crippen LogP contribution >= 0.6 is 11.6 Å². The molecule has 0 saturated carbocycles. The number of H-pyrrole nitrogens is 1. The second kappa shape index (κ2) is 5.53. The number of aromatic nitrogens is 2. The Labute approximate surface area is 113 Å². The molecule has 1 aromatic heterocycles. The molecule has 1 aromatic carbocycles. The summed E-state index contributed by atoms with van der Waals surface area (Å²) in [7, 11) is 1.53. The Morgan fingerprint density at radius 3 is 2.89 bits per heavy atom. The van der Waals surface area contributed by atoms with Crippen LogP contribution in [0.2, 0.25) is 5.15 Å². The molecule has 0 radical (unpaired) electrons. The van der Waals surface area contributed by atoms with Crippen molar-refractivity contribution in [2.75, 3.05) is 12.4 Å². The summed E-state index contributed by atoms with van der Waals surface area (Å²) in [5, 5.41) is 2.65. The molecule has 0 aliphatic heterocycles. The molecule has 0 aliphatic rings. The highest BCUT2D eigenvalue weighted by atomic mass is 35.5. The smallest absolute Gasteiger partial charge is 0.346 e. The van der Waals surface area contributed by atoms with E-state index in [0.717, 1.165) is 0 Å². The molecule has 6 nitrogen and oxygen atoms in total. The first-order chi connectivity index (χ1) is 9.08. The van der Waals surface area contributed by atoms with Crippen LogP contribution in [-0.4, -0.2) is 23.0 Å². The van der Waals surface area contributed by atoms with E-state index < -0.39 is 11.6 Å². The zero-order valence-electron chi connectivity index (χ0n) is 9.94. The Morgan fingerprint density at radius 2 is 2.21 bits per heavy atom. The molecule has 1 heterocycles. The molecule has 2 N–H and O–H groups in total. The van der Waals surface area contributed by atoms with Gasteiger partial charge in [0, 0.05) is 17.8 Å². The van der Waals surface area contributed by atoms with Gasteiger partial charge in [-0.3, -0.25) is 9.78 Å². The molecule has 98 valence electrons. The molecular weight excluding hydrogens is 270 g/mol. The number of hydrogen-bond acceptors (Lipinski definition) is 4. The molecule has 0 spiro atoms. The van der Waals surface area contributed by atoms with Crippen LogP contribution in [0, 0.1) is 0 Å². The fourth-order valence-electron chi connectivity index (χ4n) is 1.44. The van der Waals surface area contributed by atoms with Crippen molar-refractivity contribution in [3.8, 4) is 5.75 Å². The highest BCUT2D eigenvalue weighted by Gasteiger charge is 2.10. The molecule has 1 amide bonds. The average Bonchev–Trinajstić information content (AvgIpc) is 2.37. The van der Waals surface area contributed by atoms with E-state index >= 15 is 0 Å². The summed E-state index contributed by atoms with van der Waals surface area (Å²) < 4.78 is 5.04. The molecule has 0 atom stereocenters. The summed E-state index contributed by atoms with van der Waals surface area (Å²) in [5.41, 5.74) is -0.206. The predicted octanol–water partition coefficient (Wildman–Crippen LogP) is 1.68. The van der Waals surface area contributed by atoms with Gasteiger partial charge < -0.3 is 10.1 Å². The Balaban J connectivity index is 2.22. The fourth-order valence-corrected chi connectivity index (χ4v) is 1.62. The van der Waals surface area contributed by atoms with Gasteiger partial charge in [-0.2, -0.15) is 4.98 Å². The summed E-state index contributed by atoms with van der Waals surface area (Å²) in [5.74, 6) is 0.0796. The Hall–Kier alpha value is -2.34. The van der Waals surface area contributed by atoms with Gasteiger partial charge in [0.2, 0.25) is 0 Å². The van der Waals surface area contributed by atoms with Crippen molar-refractivity contribution in [3.05, 3.63) is 51.7 Å². The number of amides is 1. The van der Waals surface area contributed by atoms with Crippen molar-refractivity contribution in [1.82, 2.24) is 9.97 Å². The average molecular weight is 280 g/mol. The minimum atomic E-state index is -0.678. The predicted molar refractivity (Wildman–Crippen MR) is 70.8 cm³/mol. The number of aromatic amines is 1. The largest absolute Gasteiger partial charge is 0.497 e. The molecule has 19 heavy (non-hydrogen) atoms. The van der Waals surface area contributed by atoms with Crippen LogP contribution in [0.1, 0.15) is 10.5 Å². The van der Waals surface area contributed by atoms with E-state index in [0.29, 0.717) is 11.4 Å². The molecule has 0 bridgehead atoms. The zero-order valence-corrected chi connectivity index (χ0v) is 10.7. The van der Waals surface area contributed by atoms with Crippen molar-refractivity contribution in [2.24, 2.45) is 0 Å². The maximum atomic E-state index is 11.9. The second-order valence-electron chi connectivity index (χ2n) is 3.61. The number of halogens is 1. The number of methoxy groups -OCH3 is 1. The van der Waals surface area contributed by atoms with Crippen LogP contribution in [-0.2, 0) is 0 Å². The lowest BCUT2D eigenvalue weighted by atomic mass is 10.3. The monoisotopic (exact) mass is 279 g/mol. The molecule has 0 saturated heterocycles. The molecular formula is C12H10ClN3O3. The summed E-state index contributed by atoms with van der Waals surface area (Å²) in [6.45, 7) is 0. The van der Waals surface area contributed by atoms with Crippen molar-refractivity contribution in [3.63, 3.8) is 0 Å². The van der Waals surface area contributed by atoms with Gasteiger partial charge >= 0.3 is 5.69 Å². The highest BCUT2D eigenvalue weighted by Crippen LogP contribution is 2.17. The van der Waals surface area contributed by atoms with Crippen molar-refractivity contribution < 1.29 is 9.53 Å². The van der Waals surface area contributed by atoms with Gasteiger partial charge in [-0.05, 0) is 12.1 Å². The SMILES string of the molecule is COc1cccc(NC(=O)c2cc(Cl)[nH]c(=O)n2)c1. The molecule has 7 heteroatoms. The number of carbonyl (C=O) groups is 1. The quantitative estimate of drug-likeness (QED) is 0.837. The lowest BCUT2D eigenvalue weighted by Gasteiger charge is -2.06. The molecule has 0 fully saturated rings. The van der Waals surface area contributed by atoms with E-state index in [-0.39, 0.29) is 10.8 Å². The number of carbonyl (C=O) groups excluding carboxylic acids is 1. The number of nitrogens with zero attached hydrogens (tertiary/aromatic N) is 1. The Kier molecular flexibility index (Phi) is 3.82. The van der Waals surface area contributed by atoms with Gasteiger partial charge in [0.15, 0.2) is 0 Å². The topological polar surface area (TPSA) is 84.1 Å². The van der Waals surface area contributed by atoms with Crippen LogP contribution in [0.3, 0.4) is 0 Å². The van der Waals surface area contributed by atoms with E-state index in [4.69, 9.17) is 16.3 Å². The van der Waals surface area contributed by atoms with E-state index in [9.17, 15) is 9.59 Å². The number of benzene rings is 1. The van der Waals surface area contributed by atoms with E-state index in [2.05, 4.69) is 15.3 Å². The Morgan fingerprint density at radius 1 is 1.42 bits per heavy atom. The van der Waals surface area contributed by atoms with Gasteiger partial charge in [-0.25, -0.2) is 4.79 Å². The first-order valence-corrected chi connectivity index (χ1v) is 5.68. The number of nitrogens with one attached hydrogen (secondary N) is 2. The third-order valence-electron chi connectivity index (χ3n) is 2.27. The molecule has 2 rings (SSSR count). The van der Waals surface area contributed by atoms with Crippen molar-refractivity contribution in [1.29, 1.82) is 0 Å². The second-order valence-corrected chi connectivity index (χ2v) is 4.01. The normalized spacial score (nSPS) is 10.0. The van der Waals surface area contributed by atoms with Gasteiger partial charge in [0.05, 0.1) is 7.11 Å². The maximum Gasteiger partial charge on any atom is 0.346 e. The molecule has 0 unspecified atom stereocenters. The number of hydrogen-bond donors (Lipinski definition) is 2. The molecule has 0 aliphatic carbocycles. The van der Waals surface area contributed by atoms with Gasteiger partial charge in [0.1, 0.15) is 16.6 Å². The van der Waals surface area contributed by atoms with E-state index in [1.165, 1.54) is 13.2 Å². The maximum absolute atomic E-state index is 11.9. The minimum Gasteiger partial charge on any atom is -0.497 e. The summed E-state index contributed by atoms with van der Waals surface area (Å²) in [6, 6.07) is 8.09. The minimum absolute atomic E-state index is 0.0517. The third-order valence-corrected chi connectivity index (χ3v) is 2.48. The lowest BCUT2D eigenvalue weighted by Crippen LogP contribution is -2.20. The highest BCUT2D eigenvalue weighted by molar-refractivity contribution is 6.29. The summed E-state index contributed by atoms with van der Waals surface area (Å²) in [6.07, 6.45) is 0. The van der Waals surface area contributed by atoms with Gasteiger partial charge in [0.25, 0.3) is 5.91 Å². The number of anilines is 1. The van der Waals surface area contributed by atoms with E-state index in [1.54, 1.807) is 24.3 Å². The van der Waals surface area contributed by atoms with Crippen molar-refractivity contribution >= 4 is 23.2 Å². The zero-order chi connectivity index (χ0) is 13.8. The number of rotatable bonds is 3. The van der Waals surface area contributed by atoms with Crippen LogP contribution in [0.25, 0.3) is 0 Å². The first kappa shape index (κ1) is 13.1. The van der Waals surface area contributed by atoms with Crippen molar-refractivity contribution in [2.45, 2.75) is 0 Å². The van der Waals surface area contributed by atoms with Crippen LogP contribution in [0.5, 0.6) is 5.75 Å².